The summed E-state index contributed by atoms with van der Waals surface area (Å²) in [5, 5.41) is 9.56. The van der Waals surface area contributed by atoms with Gasteiger partial charge < -0.3 is 5.11 Å². The van der Waals surface area contributed by atoms with Crippen molar-refractivity contribution in [3.8, 4) is 0 Å². The molecule has 1 heterocycles. The van der Waals surface area contributed by atoms with Crippen LogP contribution in [0.15, 0.2) is 16.3 Å². The molecule has 0 amide bonds. The molecule has 2 N–H and O–H groups in total. The lowest BCUT2D eigenvalue weighted by atomic mass is 9.75. The largest absolute Gasteiger partial charge is 0.396 e. The van der Waals surface area contributed by atoms with E-state index in [2.05, 4.69) is 4.72 Å². The lowest BCUT2D eigenvalue weighted by Crippen LogP contribution is -2.41. The number of rotatable bonds is 5. The highest BCUT2D eigenvalue weighted by molar-refractivity contribution is 7.91. The molecule has 0 bridgehead atoms. The molecule has 0 unspecified atom stereocenters. The third kappa shape index (κ3) is 3.70. The van der Waals surface area contributed by atoms with Crippen molar-refractivity contribution in [2.75, 3.05) is 13.2 Å². The topological polar surface area (TPSA) is 66.4 Å². The molecule has 1 saturated carbocycles. The minimum absolute atomic E-state index is 0.0285. The highest BCUT2D eigenvalue weighted by Crippen LogP contribution is 2.35. The average Bonchev–Trinajstić information content (AvgIpc) is 2.85. The van der Waals surface area contributed by atoms with Crippen LogP contribution in [0.1, 0.15) is 32.1 Å². The van der Waals surface area contributed by atoms with Gasteiger partial charge in [0, 0.05) is 18.6 Å². The highest BCUT2D eigenvalue weighted by Gasteiger charge is 2.33. The van der Waals surface area contributed by atoms with Gasteiger partial charge in [0.05, 0.1) is 4.34 Å². The standard InChI is InChI=1S/C12H18ClNO3S2/c13-10-4-5-11(18-10)19(16,17)14-8-12(9-15)6-2-1-3-7-12/h4-5,14-15H,1-3,6-9H2. The molecule has 0 radical (unpaired) electrons. The fourth-order valence-electron chi connectivity index (χ4n) is 2.45. The molecule has 0 spiro atoms. The van der Waals surface area contributed by atoms with E-state index in [-0.39, 0.29) is 16.2 Å². The zero-order valence-electron chi connectivity index (χ0n) is 10.6. The Morgan fingerprint density at radius 2 is 2.00 bits per heavy atom. The van der Waals surface area contributed by atoms with Gasteiger partial charge in [0.15, 0.2) is 0 Å². The molecule has 0 saturated heterocycles. The molecule has 19 heavy (non-hydrogen) atoms. The lowest BCUT2D eigenvalue weighted by molar-refractivity contribution is 0.0867. The van der Waals surface area contributed by atoms with E-state index in [1.807, 2.05) is 0 Å². The minimum atomic E-state index is -3.51. The maximum Gasteiger partial charge on any atom is 0.250 e. The van der Waals surface area contributed by atoms with Gasteiger partial charge >= 0.3 is 0 Å². The molecule has 0 aromatic carbocycles. The summed E-state index contributed by atoms with van der Waals surface area (Å²) in [5.41, 5.74) is -0.299. The van der Waals surface area contributed by atoms with E-state index in [9.17, 15) is 13.5 Å². The van der Waals surface area contributed by atoms with Crippen LogP contribution in [0, 0.1) is 5.41 Å². The highest BCUT2D eigenvalue weighted by atomic mass is 35.5. The van der Waals surface area contributed by atoms with Crippen LogP contribution in [0.4, 0.5) is 0 Å². The van der Waals surface area contributed by atoms with E-state index in [0.717, 1.165) is 43.4 Å². The molecule has 2 rings (SSSR count). The fourth-order valence-corrected chi connectivity index (χ4v) is 5.14. The SMILES string of the molecule is O=S(=O)(NCC1(CO)CCCCC1)c1ccc(Cl)s1. The van der Waals surface area contributed by atoms with Crippen molar-refractivity contribution in [3.05, 3.63) is 16.5 Å². The summed E-state index contributed by atoms with van der Waals surface area (Å²) in [6.07, 6.45) is 5.00. The molecule has 7 heteroatoms. The minimum Gasteiger partial charge on any atom is -0.396 e. The second-order valence-electron chi connectivity index (χ2n) is 5.10. The predicted octanol–water partition coefficient (Wildman–Crippen LogP) is 2.62. The van der Waals surface area contributed by atoms with E-state index in [4.69, 9.17) is 11.6 Å². The Kier molecular flexibility index (Phi) is 4.89. The predicted molar refractivity (Wildman–Crippen MR) is 77.1 cm³/mol. The van der Waals surface area contributed by atoms with Crippen molar-refractivity contribution in [1.29, 1.82) is 0 Å². The third-order valence-electron chi connectivity index (χ3n) is 3.70. The van der Waals surface area contributed by atoms with Gasteiger partial charge in [0.25, 0.3) is 0 Å². The number of hydrogen-bond acceptors (Lipinski definition) is 4. The van der Waals surface area contributed by atoms with Gasteiger partial charge in [-0.25, -0.2) is 13.1 Å². The zero-order chi connectivity index (χ0) is 13.9. The quantitative estimate of drug-likeness (QED) is 0.875. The number of aliphatic hydroxyl groups is 1. The number of halogens is 1. The van der Waals surface area contributed by atoms with Crippen molar-refractivity contribution in [1.82, 2.24) is 4.72 Å². The summed E-state index contributed by atoms with van der Waals surface area (Å²) < 4.78 is 27.5. The van der Waals surface area contributed by atoms with Crippen molar-refractivity contribution >= 4 is 33.0 Å². The summed E-state index contributed by atoms with van der Waals surface area (Å²) >= 11 is 6.80. The molecular weight excluding hydrogens is 306 g/mol. The normalized spacial score (nSPS) is 19.5. The van der Waals surface area contributed by atoms with E-state index in [0.29, 0.717) is 10.9 Å². The Morgan fingerprint density at radius 3 is 2.53 bits per heavy atom. The molecule has 1 aliphatic rings. The molecule has 1 fully saturated rings. The van der Waals surface area contributed by atoms with Crippen molar-refractivity contribution in [3.63, 3.8) is 0 Å². The van der Waals surface area contributed by atoms with Gasteiger partial charge in [0.2, 0.25) is 10.0 Å². The molecule has 1 aromatic rings. The van der Waals surface area contributed by atoms with Crippen LogP contribution >= 0.6 is 22.9 Å². The maximum absolute atomic E-state index is 12.1. The number of aliphatic hydroxyl groups excluding tert-OH is 1. The maximum atomic E-state index is 12.1. The van der Waals surface area contributed by atoms with Crippen LogP contribution in [0.2, 0.25) is 4.34 Å². The first kappa shape index (κ1) is 15.3. The number of thiophene rings is 1. The van der Waals surface area contributed by atoms with Gasteiger partial charge in [-0.3, -0.25) is 0 Å². The van der Waals surface area contributed by atoms with Gasteiger partial charge in [-0.2, -0.15) is 0 Å². The monoisotopic (exact) mass is 323 g/mol. The smallest absolute Gasteiger partial charge is 0.250 e. The first-order valence-corrected chi connectivity index (χ1v) is 9.01. The van der Waals surface area contributed by atoms with E-state index in [1.165, 1.54) is 6.07 Å². The second-order valence-corrected chi connectivity index (χ2v) is 8.81. The average molecular weight is 324 g/mol. The van der Waals surface area contributed by atoms with Crippen LogP contribution in [-0.2, 0) is 10.0 Å². The van der Waals surface area contributed by atoms with Crippen molar-refractivity contribution in [2.45, 2.75) is 36.3 Å². The number of nitrogens with one attached hydrogen (secondary N) is 1. The van der Waals surface area contributed by atoms with Crippen LogP contribution in [-0.4, -0.2) is 26.7 Å². The Labute approximate surface area is 122 Å². The van der Waals surface area contributed by atoms with Gasteiger partial charge in [-0.1, -0.05) is 30.9 Å². The summed E-state index contributed by atoms with van der Waals surface area (Å²) in [6, 6.07) is 3.07. The molecule has 0 aliphatic heterocycles. The first-order chi connectivity index (χ1) is 8.97. The van der Waals surface area contributed by atoms with E-state index >= 15 is 0 Å². The van der Waals surface area contributed by atoms with E-state index in [1.54, 1.807) is 6.07 Å². The van der Waals surface area contributed by atoms with Crippen LogP contribution in [0.5, 0.6) is 0 Å². The Morgan fingerprint density at radius 1 is 1.32 bits per heavy atom. The number of hydrogen-bond donors (Lipinski definition) is 2. The van der Waals surface area contributed by atoms with Gasteiger partial charge in [-0.15, -0.1) is 11.3 Å². The van der Waals surface area contributed by atoms with Gasteiger partial charge in [-0.05, 0) is 25.0 Å². The fraction of sp³-hybridized carbons (Fsp3) is 0.667. The molecule has 1 aromatic heterocycles. The molecule has 1 aliphatic carbocycles. The summed E-state index contributed by atoms with van der Waals surface area (Å²) in [4.78, 5) is 0. The van der Waals surface area contributed by atoms with Gasteiger partial charge in [0.1, 0.15) is 4.21 Å². The molecular formula is C12H18ClNO3S2. The van der Waals surface area contributed by atoms with E-state index < -0.39 is 10.0 Å². The van der Waals surface area contributed by atoms with Crippen molar-refractivity contribution < 1.29 is 13.5 Å². The molecule has 0 atom stereocenters. The second kappa shape index (κ2) is 6.10. The Hall–Kier alpha value is -0.140. The summed E-state index contributed by atoms with van der Waals surface area (Å²) in [5.74, 6) is 0. The van der Waals surface area contributed by atoms with Crippen LogP contribution in [0.3, 0.4) is 0 Å². The molecule has 4 nitrogen and oxygen atoms in total. The summed E-state index contributed by atoms with van der Waals surface area (Å²) in [7, 11) is -3.51. The third-order valence-corrected chi connectivity index (χ3v) is 6.82. The lowest BCUT2D eigenvalue weighted by Gasteiger charge is -2.35. The van der Waals surface area contributed by atoms with Crippen molar-refractivity contribution in [2.24, 2.45) is 5.41 Å². The first-order valence-electron chi connectivity index (χ1n) is 6.33. The number of sulfonamides is 1. The van der Waals surface area contributed by atoms with Crippen LogP contribution in [0.25, 0.3) is 0 Å². The Bertz CT molecular complexity index is 521. The van der Waals surface area contributed by atoms with Crippen LogP contribution < -0.4 is 4.72 Å². The Balaban J connectivity index is 2.04. The molecule has 108 valence electrons. The zero-order valence-corrected chi connectivity index (χ0v) is 13.0. The summed E-state index contributed by atoms with van der Waals surface area (Å²) in [6.45, 7) is 0.321.